The number of benzene rings is 1. The van der Waals surface area contributed by atoms with Gasteiger partial charge in [0, 0.05) is 23.3 Å². The molecule has 0 unspecified atom stereocenters. The van der Waals surface area contributed by atoms with Crippen LogP contribution in [0.1, 0.15) is 26.4 Å². The standard InChI is InChI=1S/C14H12ClN3O2/c15-11-4-5-17-12(7-11)14(20)18-8-9-2-1-3-10(6-9)13(16)19/h1-7H,8H2,(H2,16,19)(H,18,20). The van der Waals surface area contributed by atoms with Gasteiger partial charge in [-0.3, -0.25) is 14.6 Å². The molecular formula is C14H12ClN3O2. The maximum atomic E-state index is 11.9. The lowest BCUT2D eigenvalue weighted by molar-refractivity contribution is 0.0945. The Balaban J connectivity index is 2.03. The van der Waals surface area contributed by atoms with E-state index < -0.39 is 5.91 Å². The number of nitrogens with two attached hydrogens (primary N) is 1. The average Bonchev–Trinajstić information content (AvgIpc) is 2.45. The van der Waals surface area contributed by atoms with Crippen LogP contribution < -0.4 is 11.1 Å². The number of nitrogens with one attached hydrogen (secondary N) is 1. The van der Waals surface area contributed by atoms with E-state index in [4.69, 9.17) is 17.3 Å². The van der Waals surface area contributed by atoms with Gasteiger partial charge in [-0.25, -0.2) is 0 Å². The number of nitrogens with zero attached hydrogens (tertiary/aromatic N) is 1. The van der Waals surface area contributed by atoms with Gasteiger partial charge in [0.25, 0.3) is 5.91 Å². The summed E-state index contributed by atoms with van der Waals surface area (Å²) in [6.07, 6.45) is 1.46. The van der Waals surface area contributed by atoms with Crippen LogP contribution in [0, 0.1) is 0 Å². The number of aromatic nitrogens is 1. The van der Waals surface area contributed by atoms with Crippen molar-refractivity contribution in [2.24, 2.45) is 5.73 Å². The van der Waals surface area contributed by atoms with Crippen LogP contribution in [0.15, 0.2) is 42.6 Å². The first-order chi connectivity index (χ1) is 9.56. The van der Waals surface area contributed by atoms with E-state index in [1.54, 1.807) is 30.3 Å². The number of pyridine rings is 1. The van der Waals surface area contributed by atoms with Crippen molar-refractivity contribution in [2.75, 3.05) is 0 Å². The van der Waals surface area contributed by atoms with Gasteiger partial charge in [-0.05, 0) is 29.8 Å². The summed E-state index contributed by atoms with van der Waals surface area (Å²) >= 11 is 5.79. The maximum absolute atomic E-state index is 11.9. The fourth-order valence-electron chi connectivity index (χ4n) is 1.64. The lowest BCUT2D eigenvalue weighted by Gasteiger charge is -2.06. The molecule has 20 heavy (non-hydrogen) atoms. The van der Waals surface area contributed by atoms with Crippen LogP contribution in [0.3, 0.4) is 0 Å². The number of hydrogen-bond acceptors (Lipinski definition) is 3. The normalized spacial score (nSPS) is 10.1. The number of amides is 2. The lowest BCUT2D eigenvalue weighted by Crippen LogP contribution is -2.24. The number of carbonyl (C=O) groups excluding carboxylic acids is 2. The van der Waals surface area contributed by atoms with Crippen molar-refractivity contribution in [3.8, 4) is 0 Å². The molecule has 0 aliphatic heterocycles. The molecule has 1 aromatic heterocycles. The predicted octanol–water partition coefficient (Wildman–Crippen LogP) is 1.76. The van der Waals surface area contributed by atoms with Crippen LogP contribution in [0.4, 0.5) is 0 Å². The molecule has 6 heteroatoms. The van der Waals surface area contributed by atoms with E-state index in [-0.39, 0.29) is 18.1 Å². The maximum Gasteiger partial charge on any atom is 0.270 e. The average molecular weight is 290 g/mol. The van der Waals surface area contributed by atoms with E-state index in [2.05, 4.69) is 10.3 Å². The van der Waals surface area contributed by atoms with Gasteiger partial charge in [-0.1, -0.05) is 23.7 Å². The second-order valence-corrected chi connectivity index (χ2v) is 4.54. The molecule has 2 amide bonds. The number of hydrogen-bond donors (Lipinski definition) is 2. The molecule has 1 heterocycles. The highest BCUT2D eigenvalue weighted by Crippen LogP contribution is 2.08. The zero-order chi connectivity index (χ0) is 14.5. The lowest BCUT2D eigenvalue weighted by atomic mass is 10.1. The third kappa shape index (κ3) is 3.55. The summed E-state index contributed by atoms with van der Waals surface area (Å²) in [5.41, 5.74) is 6.61. The minimum absolute atomic E-state index is 0.239. The Morgan fingerprint density at radius 1 is 1.25 bits per heavy atom. The minimum atomic E-state index is -0.505. The first kappa shape index (κ1) is 14.0. The highest BCUT2D eigenvalue weighted by molar-refractivity contribution is 6.30. The Labute approximate surface area is 120 Å². The first-order valence-electron chi connectivity index (χ1n) is 5.85. The Morgan fingerprint density at radius 3 is 2.75 bits per heavy atom. The third-order valence-corrected chi connectivity index (χ3v) is 2.85. The molecule has 0 fully saturated rings. The van der Waals surface area contributed by atoms with Crippen molar-refractivity contribution >= 4 is 23.4 Å². The summed E-state index contributed by atoms with van der Waals surface area (Å²) in [5, 5.41) is 3.14. The molecule has 1 aromatic carbocycles. The van der Waals surface area contributed by atoms with Gasteiger partial charge < -0.3 is 11.1 Å². The van der Waals surface area contributed by atoms with Crippen LogP contribution in [0.2, 0.25) is 5.02 Å². The molecule has 2 aromatic rings. The van der Waals surface area contributed by atoms with E-state index in [0.717, 1.165) is 5.56 Å². The summed E-state index contributed by atoms with van der Waals surface area (Å²) in [7, 11) is 0. The van der Waals surface area contributed by atoms with Gasteiger partial charge in [0.2, 0.25) is 5.91 Å². The Bertz CT molecular complexity index is 658. The molecule has 3 N–H and O–H groups in total. The second kappa shape index (κ2) is 6.16. The van der Waals surface area contributed by atoms with Crippen molar-refractivity contribution in [1.82, 2.24) is 10.3 Å². The quantitative estimate of drug-likeness (QED) is 0.899. The Kier molecular flexibility index (Phi) is 4.32. The minimum Gasteiger partial charge on any atom is -0.366 e. The van der Waals surface area contributed by atoms with Crippen molar-refractivity contribution in [2.45, 2.75) is 6.54 Å². The second-order valence-electron chi connectivity index (χ2n) is 4.11. The van der Waals surface area contributed by atoms with E-state index >= 15 is 0 Å². The van der Waals surface area contributed by atoms with Crippen LogP contribution >= 0.6 is 11.6 Å². The number of carbonyl (C=O) groups is 2. The van der Waals surface area contributed by atoms with Crippen molar-refractivity contribution in [3.05, 3.63) is 64.4 Å². The Hall–Kier alpha value is -2.40. The third-order valence-electron chi connectivity index (χ3n) is 2.62. The number of halogens is 1. The van der Waals surface area contributed by atoms with Crippen LogP contribution in [0.5, 0.6) is 0 Å². The van der Waals surface area contributed by atoms with E-state index in [0.29, 0.717) is 10.6 Å². The summed E-state index contributed by atoms with van der Waals surface area (Å²) in [6.45, 7) is 0.272. The van der Waals surface area contributed by atoms with Crippen LogP contribution in [-0.4, -0.2) is 16.8 Å². The molecule has 0 spiro atoms. The molecule has 0 atom stereocenters. The molecule has 0 aliphatic rings. The van der Waals surface area contributed by atoms with Gasteiger partial charge >= 0.3 is 0 Å². The van der Waals surface area contributed by atoms with Crippen molar-refractivity contribution in [3.63, 3.8) is 0 Å². The fourth-order valence-corrected chi connectivity index (χ4v) is 1.80. The molecule has 0 bridgehead atoms. The molecule has 5 nitrogen and oxygen atoms in total. The summed E-state index contributed by atoms with van der Waals surface area (Å²) in [5.74, 6) is -0.841. The molecule has 0 aliphatic carbocycles. The van der Waals surface area contributed by atoms with E-state index in [1.165, 1.54) is 12.3 Å². The van der Waals surface area contributed by atoms with Gasteiger partial charge in [0.05, 0.1) is 0 Å². The van der Waals surface area contributed by atoms with Gasteiger partial charge in [0.1, 0.15) is 5.69 Å². The smallest absolute Gasteiger partial charge is 0.270 e. The topological polar surface area (TPSA) is 85.1 Å². The monoisotopic (exact) mass is 289 g/mol. The predicted molar refractivity (Wildman–Crippen MR) is 75.4 cm³/mol. The fraction of sp³-hybridized carbons (Fsp3) is 0.0714. The molecular weight excluding hydrogens is 278 g/mol. The summed E-state index contributed by atoms with van der Waals surface area (Å²) in [6, 6.07) is 9.82. The van der Waals surface area contributed by atoms with Crippen molar-refractivity contribution < 1.29 is 9.59 Å². The zero-order valence-electron chi connectivity index (χ0n) is 10.5. The molecule has 0 saturated carbocycles. The molecule has 0 radical (unpaired) electrons. The molecule has 2 rings (SSSR count). The summed E-state index contributed by atoms with van der Waals surface area (Å²) < 4.78 is 0. The van der Waals surface area contributed by atoms with Crippen LogP contribution in [-0.2, 0) is 6.54 Å². The van der Waals surface area contributed by atoms with Gasteiger partial charge in [0.15, 0.2) is 0 Å². The highest BCUT2D eigenvalue weighted by Gasteiger charge is 2.08. The SMILES string of the molecule is NC(=O)c1cccc(CNC(=O)c2cc(Cl)ccn2)c1. The molecule has 102 valence electrons. The zero-order valence-corrected chi connectivity index (χ0v) is 11.2. The van der Waals surface area contributed by atoms with Crippen molar-refractivity contribution in [1.29, 1.82) is 0 Å². The Morgan fingerprint density at radius 2 is 2.05 bits per heavy atom. The first-order valence-corrected chi connectivity index (χ1v) is 6.22. The molecule has 0 saturated heterocycles. The number of primary amides is 1. The largest absolute Gasteiger partial charge is 0.366 e. The summed E-state index contributed by atoms with van der Waals surface area (Å²) in [4.78, 5) is 26.9. The van der Waals surface area contributed by atoms with E-state index in [9.17, 15) is 9.59 Å². The van der Waals surface area contributed by atoms with Gasteiger partial charge in [-0.15, -0.1) is 0 Å². The highest BCUT2D eigenvalue weighted by atomic mass is 35.5. The number of rotatable bonds is 4. The van der Waals surface area contributed by atoms with Crippen LogP contribution in [0.25, 0.3) is 0 Å². The van der Waals surface area contributed by atoms with E-state index in [1.807, 2.05) is 0 Å². The van der Waals surface area contributed by atoms with Gasteiger partial charge in [-0.2, -0.15) is 0 Å².